The maximum absolute atomic E-state index is 13.6. The zero-order valence-corrected chi connectivity index (χ0v) is 16.8. The molecule has 1 saturated heterocycles. The molecule has 0 unspecified atom stereocenters. The number of benzene rings is 2. The van der Waals surface area contributed by atoms with Gasteiger partial charge in [-0.3, -0.25) is 9.69 Å². The highest BCUT2D eigenvalue weighted by Crippen LogP contribution is 2.38. The Hall–Kier alpha value is -2.66. The Morgan fingerprint density at radius 1 is 1.03 bits per heavy atom. The number of amides is 1. The molecule has 2 fully saturated rings. The highest BCUT2D eigenvalue weighted by molar-refractivity contribution is 6.07. The first-order chi connectivity index (χ1) is 14.3. The van der Waals surface area contributed by atoms with E-state index >= 15 is 0 Å². The van der Waals surface area contributed by atoms with Gasteiger partial charge in [-0.25, -0.2) is 4.98 Å². The van der Waals surface area contributed by atoms with E-state index in [0.29, 0.717) is 0 Å². The zero-order chi connectivity index (χ0) is 19.7. The first kappa shape index (κ1) is 18.4. The zero-order valence-electron chi connectivity index (χ0n) is 16.8. The van der Waals surface area contributed by atoms with Gasteiger partial charge in [0.2, 0.25) is 0 Å². The highest BCUT2D eigenvalue weighted by Gasteiger charge is 2.43. The fraction of sp³-hybridized carbons (Fsp3) is 0.417. The SMILES string of the molecule is O=C(c1cccc2ccccc12)N1CCN(Cc2cnc[nH]2)C2(CCCCC2)C1. The molecule has 1 N–H and O–H groups in total. The van der Waals surface area contributed by atoms with Crippen molar-refractivity contribution < 1.29 is 4.79 Å². The number of nitrogens with one attached hydrogen (secondary N) is 1. The fourth-order valence-electron chi connectivity index (χ4n) is 5.28. The van der Waals surface area contributed by atoms with Gasteiger partial charge in [-0.2, -0.15) is 0 Å². The summed E-state index contributed by atoms with van der Waals surface area (Å²) in [6.07, 6.45) is 9.80. The van der Waals surface area contributed by atoms with E-state index in [4.69, 9.17) is 0 Å². The molecule has 5 nitrogen and oxygen atoms in total. The van der Waals surface area contributed by atoms with E-state index in [-0.39, 0.29) is 11.4 Å². The maximum Gasteiger partial charge on any atom is 0.254 e. The van der Waals surface area contributed by atoms with Gasteiger partial charge in [0, 0.05) is 49.2 Å². The van der Waals surface area contributed by atoms with Gasteiger partial charge in [-0.05, 0) is 29.7 Å². The number of carbonyl (C=O) groups is 1. The Balaban J connectivity index is 1.42. The summed E-state index contributed by atoms with van der Waals surface area (Å²) in [4.78, 5) is 25.7. The van der Waals surface area contributed by atoms with Crippen LogP contribution in [0, 0.1) is 0 Å². The van der Waals surface area contributed by atoms with E-state index in [1.165, 1.54) is 32.1 Å². The van der Waals surface area contributed by atoms with Gasteiger partial charge >= 0.3 is 0 Å². The molecule has 0 atom stereocenters. The lowest BCUT2D eigenvalue weighted by Crippen LogP contribution is -2.63. The molecule has 5 heteroatoms. The summed E-state index contributed by atoms with van der Waals surface area (Å²) in [7, 11) is 0. The van der Waals surface area contributed by atoms with Gasteiger partial charge in [-0.15, -0.1) is 0 Å². The van der Waals surface area contributed by atoms with E-state index in [0.717, 1.165) is 48.2 Å². The van der Waals surface area contributed by atoms with Crippen LogP contribution in [0.2, 0.25) is 0 Å². The minimum Gasteiger partial charge on any atom is -0.347 e. The van der Waals surface area contributed by atoms with Crippen LogP contribution >= 0.6 is 0 Å². The fourth-order valence-corrected chi connectivity index (χ4v) is 5.28. The first-order valence-electron chi connectivity index (χ1n) is 10.7. The van der Waals surface area contributed by atoms with Crippen molar-refractivity contribution in [3.63, 3.8) is 0 Å². The number of nitrogens with zero attached hydrogens (tertiary/aromatic N) is 3. The molecule has 5 rings (SSSR count). The van der Waals surface area contributed by atoms with Crippen LogP contribution in [0.4, 0.5) is 0 Å². The largest absolute Gasteiger partial charge is 0.347 e. The lowest BCUT2D eigenvalue weighted by atomic mass is 9.78. The lowest BCUT2D eigenvalue weighted by molar-refractivity contribution is -0.0257. The van der Waals surface area contributed by atoms with Crippen molar-refractivity contribution >= 4 is 16.7 Å². The molecular weight excluding hydrogens is 360 g/mol. The van der Waals surface area contributed by atoms with Crippen molar-refractivity contribution in [2.24, 2.45) is 0 Å². The Bertz CT molecular complexity index is 986. The van der Waals surface area contributed by atoms with Crippen LogP contribution in [0.3, 0.4) is 0 Å². The topological polar surface area (TPSA) is 52.2 Å². The van der Waals surface area contributed by atoms with Gasteiger partial charge in [0.15, 0.2) is 0 Å². The third-order valence-corrected chi connectivity index (χ3v) is 6.80. The molecule has 2 heterocycles. The number of piperazine rings is 1. The van der Waals surface area contributed by atoms with Gasteiger partial charge < -0.3 is 9.88 Å². The summed E-state index contributed by atoms with van der Waals surface area (Å²) in [5, 5.41) is 2.18. The van der Waals surface area contributed by atoms with E-state index < -0.39 is 0 Å². The Morgan fingerprint density at radius 3 is 2.69 bits per heavy atom. The second-order valence-electron chi connectivity index (χ2n) is 8.54. The van der Waals surface area contributed by atoms with Crippen molar-refractivity contribution in [3.8, 4) is 0 Å². The molecule has 2 aliphatic rings. The molecule has 1 aliphatic carbocycles. The number of aromatic nitrogens is 2. The molecule has 2 aromatic carbocycles. The predicted molar refractivity (Wildman–Crippen MR) is 115 cm³/mol. The maximum atomic E-state index is 13.6. The van der Waals surface area contributed by atoms with E-state index in [1.807, 2.05) is 30.5 Å². The number of rotatable bonds is 3. The molecule has 1 aliphatic heterocycles. The van der Waals surface area contributed by atoms with E-state index in [1.54, 1.807) is 6.33 Å². The van der Waals surface area contributed by atoms with Crippen LogP contribution < -0.4 is 0 Å². The van der Waals surface area contributed by atoms with Gasteiger partial charge in [0.1, 0.15) is 0 Å². The number of aromatic amines is 1. The summed E-state index contributed by atoms with van der Waals surface area (Å²) < 4.78 is 0. The van der Waals surface area contributed by atoms with Crippen molar-refractivity contribution in [2.75, 3.05) is 19.6 Å². The summed E-state index contributed by atoms with van der Waals surface area (Å²) in [6, 6.07) is 14.3. The molecule has 0 radical (unpaired) electrons. The molecule has 0 bridgehead atoms. The summed E-state index contributed by atoms with van der Waals surface area (Å²) in [6.45, 7) is 3.40. The minimum absolute atomic E-state index is 0.0852. The van der Waals surface area contributed by atoms with Gasteiger partial charge in [0.25, 0.3) is 5.91 Å². The van der Waals surface area contributed by atoms with Crippen molar-refractivity contribution in [1.82, 2.24) is 19.8 Å². The number of H-pyrrole nitrogens is 1. The quantitative estimate of drug-likeness (QED) is 0.731. The highest BCUT2D eigenvalue weighted by atomic mass is 16.2. The number of hydrogen-bond acceptors (Lipinski definition) is 3. The molecule has 1 amide bonds. The molecule has 1 saturated carbocycles. The molecular formula is C24H28N4O. The van der Waals surface area contributed by atoms with Crippen LogP contribution in [0.1, 0.15) is 48.2 Å². The van der Waals surface area contributed by atoms with E-state index in [9.17, 15) is 4.79 Å². The second kappa shape index (κ2) is 7.64. The van der Waals surface area contributed by atoms with Crippen LogP contribution in [0.15, 0.2) is 55.0 Å². The number of fused-ring (bicyclic) bond motifs is 1. The van der Waals surface area contributed by atoms with Crippen molar-refractivity contribution in [3.05, 3.63) is 66.2 Å². The van der Waals surface area contributed by atoms with Crippen LogP contribution in [0.5, 0.6) is 0 Å². The number of imidazole rings is 1. The summed E-state index contributed by atoms with van der Waals surface area (Å²) >= 11 is 0. The Kier molecular flexibility index (Phi) is 4.84. The third kappa shape index (κ3) is 3.44. The monoisotopic (exact) mass is 388 g/mol. The molecule has 1 aromatic heterocycles. The molecule has 29 heavy (non-hydrogen) atoms. The Morgan fingerprint density at radius 2 is 1.86 bits per heavy atom. The average Bonchev–Trinajstić information content (AvgIpc) is 3.28. The Labute approximate surface area is 171 Å². The number of carbonyl (C=O) groups excluding carboxylic acids is 1. The third-order valence-electron chi connectivity index (χ3n) is 6.80. The lowest BCUT2D eigenvalue weighted by Gasteiger charge is -2.53. The van der Waals surface area contributed by atoms with Gasteiger partial charge in [-0.1, -0.05) is 55.7 Å². The van der Waals surface area contributed by atoms with Crippen molar-refractivity contribution in [1.29, 1.82) is 0 Å². The van der Waals surface area contributed by atoms with Crippen molar-refractivity contribution in [2.45, 2.75) is 44.2 Å². The standard InChI is InChI=1S/C24H28N4O/c29-23(22-10-6-8-19-7-2-3-9-21(19)22)27-13-14-28(16-20-15-25-18-26-20)24(17-27)11-4-1-5-12-24/h2-3,6-10,15,18H,1,4-5,11-14,16-17H2,(H,25,26). The predicted octanol–water partition coefficient (Wildman–Crippen LogP) is 4.22. The van der Waals surface area contributed by atoms with Gasteiger partial charge in [0.05, 0.1) is 6.33 Å². The summed E-state index contributed by atoms with van der Waals surface area (Å²) in [5.74, 6) is 0.174. The van der Waals surface area contributed by atoms with Crippen LogP contribution in [-0.2, 0) is 6.54 Å². The molecule has 3 aromatic rings. The van der Waals surface area contributed by atoms with Crippen LogP contribution in [0.25, 0.3) is 10.8 Å². The van der Waals surface area contributed by atoms with E-state index in [2.05, 4.69) is 38.0 Å². The summed E-state index contributed by atoms with van der Waals surface area (Å²) in [5.41, 5.74) is 2.07. The van der Waals surface area contributed by atoms with Crippen LogP contribution in [-0.4, -0.2) is 50.8 Å². The average molecular weight is 389 g/mol. The minimum atomic E-state index is 0.0852. The first-order valence-corrected chi connectivity index (χ1v) is 10.7. The molecule has 1 spiro atoms. The smallest absolute Gasteiger partial charge is 0.254 e. The normalized spacial score (nSPS) is 19.7. The molecule has 150 valence electrons. The second-order valence-corrected chi connectivity index (χ2v) is 8.54. The number of hydrogen-bond donors (Lipinski definition) is 1.